The minimum atomic E-state index is -0.798. The van der Waals surface area contributed by atoms with E-state index < -0.39 is 6.10 Å². The Hall–Kier alpha value is -1.99. The number of aliphatic hydroxyl groups excluding tert-OH is 1. The van der Waals surface area contributed by atoms with E-state index in [-0.39, 0.29) is 13.2 Å². The van der Waals surface area contributed by atoms with Crippen LogP contribution < -0.4 is 10.4 Å². The second-order valence-corrected chi connectivity index (χ2v) is 7.98. The lowest BCUT2D eigenvalue weighted by molar-refractivity contribution is 0.0921. The SMILES string of the molecule is CCN(CC)CCn1c(=N)n(C[C@@H](O)COc2ccc(Cl)cc2Cl)c2ccccc21. The highest BCUT2D eigenvalue weighted by molar-refractivity contribution is 6.35. The van der Waals surface area contributed by atoms with Crippen molar-refractivity contribution < 1.29 is 9.84 Å². The molecule has 0 unspecified atom stereocenters. The first kappa shape index (κ1) is 22.7. The second-order valence-electron chi connectivity index (χ2n) is 7.14. The standard InChI is InChI=1S/C22H28Cl2N4O2/c1-3-26(4-2)11-12-27-19-7-5-6-8-20(19)28(22(27)25)14-17(29)15-30-21-10-9-16(23)13-18(21)24/h5-10,13,17,25,29H,3-4,11-12,14-15H2,1-2H3/t17-/m1/s1. The normalized spacial score (nSPS) is 12.6. The summed E-state index contributed by atoms with van der Waals surface area (Å²) in [6.07, 6.45) is -0.798. The molecule has 3 rings (SSSR count). The van der Waals surface area contributed by atoms with Crippen molar-refractivity contribution in [2.24, 2.45) is 0 Å². The van der Waals surface area contributed by atoms with Crippen LogP contribution in [0.2, 0.25) is 10.0 Å². The third-order valence-electron chi connectivity index (χ3n) is 5.23. The molecule has 30 heavy (non-hydrogen) atoms. The van der Waals surface area contributed by atoms with Gasteiger partial charge in [0.25, 0.3) is 0 Å². The maximum absolute atomic E-state index is 10.6. The first-order valence-electron chi connectivity index (χ1n) is 10.2. The molecule has 0 aliphatic heterocycles. The third kappa shape index (κ3) is 5.19. The summed E-state index contributed by atoms with van der Waals surface area (Å²) >= 11 is 12.0. The summed E-state index contributed by atoms with van der Waals surface area (Å²) in [5.74, 6) is 0.470. The summed E-state index contributed by atoms with van der Waals surface area (Å²) in [5, 5.41) is 20.2. The molecule has 3 aromatic rings. The molecular weight excluding hydrogens is 423 g/mol. The predicted octanol–water partition coefficient (Wildman–Crippen LogP) is 4.01. The quantitative estimate of drug-likeness (QED) is 0.490. The van der Waals surface area contributed by atoms with Gasteiger partial charge in [-0.25, -0.2) is 0 Å². The smallest absolute Gasteiger partial charge is 0.203 e. The summed E-state index contributed by atoms with van der Waals surface area (Å²) in [7, 11) is 0. The number of halogens is 2. The monoisotopic (exact) mass is 450 g/mol. The number of para-hydroxylation sites is 2. The molecule has 1 aromatic heterocycles. The van der Waals surface area contributed by atoms with E-state index in [0.29, 0.717) is 21.4 Å². The highest BCUT2D eigenvalue weighted by atomic mass is 35.5. The van der Waals surface area contributed by atoms with E-state index in [4.69, 9.17) is 33.3 Å². The molecule has 0 aliphatic rings. The minimum absolute atomic E-state index is 0.0622. The number of nitrogens with one attached hydrogen (secondary N) is 1. The number of ether oxygens (including phenoxy) is 1. The van der Waals surface area contributed by atoms with Gasteiger partial charge >= 0.3 is 0 Å². The molecule has 0 amide bonds. The molecule has 1 heterocycles. The van der Waals surface area contributed by atoms with Crippen LogP contribution in [0.5, 0.6) is 5.75 Å². The van der Waals surface area contributed by atoms with Crippen molar-refractivity contribution in [2.45, 2.75) is 33.0 Å². The van der Waals surface area contributed by atoms with E-state index in [2.05, 4.69) is 18.7 Å². The minimum Gasteiger partial charge on any atom is -0.489 e. The van der Waals surface area contributed by atoms with Crippen molar-refractivity contribution in [1.82, 2.24) is 14.0 Å². The fourth-order valence-electron chi connectivity index (χ4n) is 3.53. The van der Waals surface area contributed by atoms with Gasteiger partial charge in [0.1, 0.15) is 18.5 Å². The highest BCUT2D eigenvalue weighted by Gasteiger charge is 2.15. The first-order valence-corrected chi connectivity index (χ1v) is 10.9. The largest absolute Gasteiger partial charge is 0.489 e. The summed E-state index contributed by atoms with van der Waals surface area (Å²) in [4.78, 5) is 2.33. The fraction of sp³-hybridized carbons (Fsp3) is 0.409. The van der Waals surface area contributed by atoms with E-state index in [1.807, 2.05) is 33.4 Å². The summed E-state index contributed by atoms with van der Waals surface area (Å²) in [6, 6.07) is 12.9. The van der Waals surface area contributed by atoms with Gasteiger partial charge < -0.3 is 23.9 Å². The van der Waals surface area contributed by atoms with Crippen LogP contribution >= 0.6 is 23.2 Å². The lowest BCUT2D eigenvalue weighted by Crippen LogP contribution is -2.34. The van der Waals surface area contributed by atoms with E-state index in [1.165, 1.54) is 0 Å². The maximum atomic E-state index is 10.6. The molecule has 0 aliphatic carbocycles. The predicted molar refractivity (Wildman–Crippen MR) is 122 cm³/mol. The van der Waals surface area contributed by atoms with Crippen LogP contribution in [-0.4, -0.2) is 51.5 Å². The number of hydrogen-bond donors (Lipinski definition) is 2. The Bertz CT molecular complexity index is 1040. The van der Waals surface area contributed by atoms with E-state index in [9.17, 15) is 5.11 Å². The molecule has 0 bridgehead atoms. The zero-order valence-electron chi connectivity index (χ0n) is 17.3. The molecule has 2 aromatic carbocycles. The number of likely N-dealkylation sites (N-methyl/N-ethyl adjacent to an activating group) is 1. The third-order valence-corrected chi connectivity index (χ3v) is 5.76. The van der Waals surface area contributed by atoms with Gasteiger partial charge in [-0.2, -0.15) is 0 Å². The average Bonchev–Trinajstić information content (AvgIpc) is 2.99. The number of nitrogens with zero attached hydrogens (tertiary/aromatic N) is 3. The van der Waals surface area contributed by atoms with Crippen LogP contribution in [0, 0.1) is 5.41 Å². The molecule has 0 saturated heterocycles. The topological polar surface area (TPSA) is 66.4 Å². The zero-order chi connectivity index (χ0) is 21.7. The summed E-state index contributed by atoms with van der Waals surface area (Å²) < 4.78 is 9.49. The summed E-state index contributed by atoms with van der Waals surface area (Å²) in [5.41, 5.74) is 2.28. The van der Waals surface area contributed by atoms with E-state index in [1.54, 1.807) is 18.2 Å². The Morgan fingerprint density at radius 3 is 2.37 bits per heavy atom. The number of fused-ring (bicyclic) bond motifs is 1. The first-order chi connectivity index (χ1) is 14.4. The van der Waals surface area contributed by atoms with E-state index in [0.717, 1.165) is 37.2 Å². The van der Waals surface area contributed by atoms with Gasteiger partial charge in [-0.05, 0) is 43.4 Å². The second kappa shape index (κ2) is 10.4. The van der Waals surface area contributed by atoms with E-state index >= 15 is 0 Å². The van der Waals surface area contributed by atoms with Crippen LogP contribution in [0.4, 0.5) is 0 Å². The molecule has 0 spiro atoms. The summed E-state index contributed by atoms with van der Waals surface area (Å²) in [6.45, 7) is 8.15. The number of benzene rings is 2. The Morgan fingerprint density at radius 2 is 1.73 bits per heavy atom. The van der Waals surface area contributed by atoms with Crippen molar-refractivity contribution in [1.29, 1.82) is 5.41 Å². The van der Waals surface area contributed by atoms with Gasteiger partial charge in [0.2, 0.25) is 5.62 Å². The zero-order valence-corrected chi connectivity index (χ0v) is 18.8. The molecule has 6 nitrogen and oxygen atoms in total. The molecule has 162 valence electrons. The Morgan fingerprint density at radius 1 is 1.07 bits per heavy atom. The number of rotatable bonds is 10. The molecule has 0 radical (unpaired) electrons. The molecule has 8 heteroatoms. The maximum Gasteiger partial charge on any atom is 0.203 e. The molecule has 1 atom stereocenters. The molecule has 0 fully saturated rings. The average molecular weight is 451 g/mol. The van der Waals surface area contributed by atoms with Crippen LogP contribution in [0.15, 0.2) is 42.5 Å². The fourth-order valence-corrected chi connectivity index (χ4v) is 3.99. The van der Waals surface area contributed by atoms with Gasteiger partial charge in [0.05, 0.1) is 22.6 Å². The number of hydrogen-bond acceptors (Lipinski definition) is 4. The van der Waals surface area contributed by atoms with Crippen LogP contribution in [0.1, 0.15) is 13.8 Å². The number of aliphatic hydroxyl groups is 1. The molecule has 2 N–H and O–H groups in total. The lowest BCUT2D eigenvalue weighted by atomic mass is 10.3. The highest BCUT2D eigenvalue weighted by Crippen LogP contribution is 2.27. The van der Waals surface area contributed by atoms with Crippen molar-refractivity contribution in [3.8, 4) is 5.75 Å². The Kier molecular flexibility index (Phi) is 7.83. The van der Waals surface area contributed by atoms with Gasteiger partial charge in [-0.1, -0.05) is 49.2 Å². The van der Waals surface area contributed by atoms with Crippen LogP contribution in [-0.2, 0) is 13.1 Å². The number of aromatic nitrogens is 2. The van der Waals surface area contributed by atoms with Crippen molar-refractivity contribution in [2.75, 3.05) is 26.2 Å². The van der Waals surface area contributed by atoms with Gasteiger partial charge in [0, 0.05) is 18.1 Å². The Labute approximate surface area is 186 Å². The van der Waals surface area contributed by atoms with Gasteiger partial charge in [0.15, 0.2) is 0 Å². The van der Waals surface area contributed by atoms with Crippen LogP contribution in [0.3, 0.4) is 0 Å². The van der Waals surface area contributed by atoms with Crippen molar-refractivity contribution in [3.63, 3.8) is 0 Å². The Balaban J connectivity index is 1.76. The van der Waals surface area contributed by atoms with Gasteiger partial charge in [-0.3, -0.25) is 5.41 Å². The van der Waals surface area contributed by atoms with Gasteiger partial charge in [-0.15, -0.1) is 0 Å². The van der Waals surface area contributed by atoms with Crippen LogP contribution in [0.25, 0.3) is 11.0 Å². The van der Waals surface area contributed by atoms with Crippen molar-refractivity contribution in [3.05, 3.63) is 58.1 Å². The lowest BCUT2D eigenvalue weighted by Gasteiger charge is -2.18. The molecular formula is C22H28Cl2N4O2. The number of imidazole rings is 1. The van der Waals surface area contributed by atoms with Crippen molar-refractivity contribution >= 4 is 34.2 Å². The molecule has 0 saturated carbocycles.